The lowest BCUT2D eigenvalue weighted by molar-refractivity contribution is -0.114. The molecule has 3 aliphatic heterocycles. The topological polar surface area (TPSA) is 96.7 Å². The molecule has 1 atom stereocenters. The first-order chi connectivity index (χ1) is 17.3. The average Bonchev–Trinajstić information content (AvgIpc) is 3.37. The summed E-state index contributed by atoms with van der Waals surface area (Å²) in [7, 11) is 1.92. The van der Waals surface area contributed by atoms with E-state index in [2.05, 4.69) is 10.3 Å². The molecule has 178 valence electrons. The van der Waals surface area contributed by atoms with Crippen molar-refractivity contribution in [1.29, 1.82) is 0 Å². The summed E-state index contributed by atoms with van der Waals surface area (Å²) in [6.07, 6.45) is 4.91. The molecule has 3 aromatic heterocycles. The van der Waals surface area contributed by atoms with Crippen LogP contribution >= 0.6 is 0 Å². The molecule has 6 heterocycles. The van der Waals surface area contributed by atoms with E-state index in [9.17, 15) is 4.79 Å². The number of nitrogens with zero attached hydrogens (tertiary/aromatic N) is 3. The average molecular weight is 467 g/mol. The molecule has 0 saturated carbocycles. The van der Waals surface area contributed by atoms with Gasteiger partial charge in [0.15, 0.2) is 0 Å². The maximum absolute atomic E-state index is 11.6. The van der Waals surface area contributed by atoms with Crippen molar-refractivity contribution in [3.05, 3.63) is 35.8 Å². The monoisotopic (exact) mass is 466 g/mol. The van der Waals surface area contributed by atoms with Gasteiger partial charge < -0.3 is 28.8 Å². The molecule has 0 aromatic carbocycles. The number of amides is 1. The third kappa shape index (κ3) is 3.64. The molecule has 6 rings (SSSR count). The summed E-state index contributed by atoms with van der Waals surface area (Å²) in [5, 5.41) is 3.60. The van der Waals surface area contributed by atoms with E-state index in [-0.39, 0.29) is 11.8 Å². The van der Waals surface area contributed by atoms with E-state index in [1.807, 2.05) is 29.9 Å². The van der Waals surface area contributed by atoms with Gasteiger partial charge in [-0.05, 0) is 6.07 Å². The van der Waals surface area contributed by atoms with Gasteiger partial charge in [0.1, 0.15) is 17.2 Å². The van der Waals surface area contributed by atoms with Crippen molar-refractivity contribution >= 4 is 22.6 Å². The van der Waals surface area contributed by atoms with Crippen LogP contribution in [0.2, 0.25) is 0 Å². The van der Waals surface area contributed by atoms with Gasteiger partial charge in [-0.2, -0.15) is 0 Å². The van der Waals surface area contributed by atoms with Crippen LogP contribution in [0.3, 0.4) is 0 Å². The number of pyridine rings is 2. The molecule has 0 bridgehead atoms. The van der Waals surface area contributed by atoms with Crippen molar-refractivity contribution in [2.45, 2.75) is 25.4 Å². The van der Waals surface area contributed by atoms with E-state index in [1.54, 1.807) is 6.20 Å². The highest BCUT2D eigenvalue weighted by molar-refractivity contribution is 5.98. The molecule has 9 heteroatoms. The minimum absolute atomic E-state index is 0.204. The second-order valence-electron chi connectivity index (χ2n) is 9.10. The van der Waals surface area contributed by atoms with E-state index >= 15 is 0 Å². The first-order valence-electron chi connectivity index (χ1n) is 12.5. The normalized spacial score (nSPS) is 23.4. The van der Waals surface area contributed by atoms with Crippen molar-refractivity contribution in [1.82, 2.24) is 14.5 Å². The highest BCUT2D eigenvalue weighted by Crippen LogP contribution is 2.44. The highest BCUT2D eigenvalue weighted by atomic mass is 16.6. The molecule has 9 nitrogen and oxygen atoms in total. The lowest BCUT2D eigenvalue weighted by Crippen LogP contribution is -2.38. The van der Waals surface area contributed by atoms with E-state index in [1.165, 1.54) is 6.92 Å². The summed E-state index contributed by atoms with van der Waals surface area (Å²) in [6, 6.07) is 3.64. The second kappa shape index (κ2) is 8.33. The van der Waals surface area contributed by atoms with Gasteiger partial charge in [0.2, 0.25) is 5.91 Å². The maximum Gasteiger partial charge on any atom is 0.222 e. The third-order valence-electron chi connectivity index (χ3n) is 6.66. The van der Waals surface area contributed by atoms with Crippen molar-refractivity contribution in [2.75, 3.05) is 44.9 Å². The number of aromatic nitrogens is 3. The number of fused-ring (bicyclic) bond motifs is 3. The maximum atomic E-state index is 11.6. The number of anilines is 1. The lowest BCUT2D eigenvalue weighted by atomic mass is 9.89. The summed E-state index contributed by atoms with van der Waals surface area (Å²) in [5.41, 5.74) is 3.25. The Morgan fingerprint density at radius 1 is 1.35 bits per heavy atom. The Hall–Kier alpha value is -3.01. The van der Waals surface area contributed by atoms with Crippen LogP contribution in [0.5, 0.6) is 5.75 Å². The Labute approximate surface area is 200 Å². The number of ether oxygens (including phenoxy) is 4. The third-order valence-corrected chi connectivity index (χ3v) is 6.66. The molecule has 0 aliphatic carbocycles. The summed E-state index contributed by atoms with van der Waals surface area (Å²) >= 11 is 0. The van der Waals surface area contributed by atoms with Crippen LogP contribution < -0.4 is 10.1 Å². The first-order valence-corrected chi connectivity index (χ1v) is 11.5. The number of nitrogens with one attached hydrogen (secondary N) is 1. The quantitative estimate of drug-likeness (QED) is 0.618. The second-order valence-corrected chi connectivity index (χ2v) is 9.10. The smallest absolute Gasteiger partial charge is 0.222 e. The number of carbonyl (C=O) groups excluding carboxylic acids is 1. The molecule has 2 fully saturated rings. The summed E-state index contributed by atoms with van der Waals surface area (Å²) in [6.45, 7) is 1.67. The van der Waals surface area contributed by atoms with Crippen LogP contribution in [0.4, 0.5) is 5.82 Å². The summed E-state index contributed by atoms with van der Waals surface area (Å²) in [5.74, 6) is 0.374. The molecule has 2 saturated heterocycles. The van der Waals surface area contributed by atoms with Crippen molar-refractivity contribution in [3.8, 4) is 17.0 Å². The first kappa shape index (κ1) is 19.3. The van der Waals surface area contributed by atoms with Crippen molar-refractivity contribution in [3.63, 3.8) is 0 Å². The van der Waals surface area contributed by atoms with Crippen LogP contribution in [0.15, 0.2) is 24.5 Å². The van der Waals surface area contributed by atoms with Gasteiger partial charge in [-0.25, -0.2) is 9.97 Å². The van der Waals surface area contributed by atoms with Gasteiger partial charge in [0, 0.05) is 68.1 Å². The van der Waals surface area contributed by atoms with Gasteiger partial charge in [-0.15, -0.1) is 0 Å². The molecule has 1 spiro atoms. The molecule has 1 amide bonds. The Bertz CT molecular complexity index is 1350. The van der Waals surface area contributed by atoms with Gasteiger partial charge in [0.05, 0.1) is 58.8 Å². The molecule has 34 heavy (non-hydrogen) atoms. The molecule has 3 aromatic rings. The zero-order chi connectivity index (χ0) is 25.1. The zero-order valence-electron chi connectivity index (χ0n) is 21.2. The largest absolute Gasteiger partial charge is 0.493 e. The molecular weight excluding hydrogens is 436 g/mol. The number of hydrogen-bond acceptors (Lipinski definition) is 7. The van der Waals surface area contributed by atoms with Crippen LogP contribution in [-0.4, -0.2) is 60.0 Å². The predicted molar refractivity (Wildman–Crippen MR) is 125 cm³/mol. The number of carbonyl (C=O) groups is 1. The molecule has 0 radical (unpaired) electrons. The number of hydrogen-bond donors (Lipinski definition) is 1. The Morgan fingerprint density at radius 3 is 2.97 bits per heavy atom. The van der Waals surface area contributed by atoms with Crippen LogP contribution in [0, 0.1) is 5.92 Å². The number of aryl methyl sites for hydroxylation is 1. The summed E-state index contributed by atoms with van der Waals surface area (Å²) in [4.78, 5) is 21.1. The predicted octanol–water partition coefficient (Wildman–Crippen LogP) is 2.81. The van der Waals surface area contributed by atoms with Crippen LogP contribution in [0.1, 0.15) is 27.3 Å². The Kier molecular flexibility index (Phi) is 4.73. The summed E-state index contributed by atoms with van der Waals surface area (Å²) < 4.78 is 42.4. The number of rotatable bonds is 5. The fourth-order valence-electron chi connectivity index (χ4n) is 4.84. The molecular formula is C25H28N4O5. The van der Waals surface area contributed by atoms with E-state index < -0.39 is 12.2 Å². The van der Waals surface area contributed by atoms with Crippen LogP contribution in [-0.2, 0) is 38.1 Å². The highest BCUT2D eigenvalue weighted by Gasteiger charge is 2.44. The fourth-order valence-corrected chi connectivity index (χ4v) is 4.84. The van der Waals surface area contributed by atoms with Gasteiger partial charge >= 0.3 is 0 Å². The van der Waals surface area contributed by atoms with Crippen molar-refractivity contribution in [2.24, 2.45) is 13.0 Å². The van der Waals surface area contributed by atoms with E-state index in [0.717, 1.165) is 27.7 Å². The van der Waals surface area contributed by atoms with Crippen molar-refractivity contribution < 1.29 is 26.5 Å². The fraction of sp³-hybridized carbons (Fsp3) is 0.480. The zero-order valence-corrected chi connectivity index (χ0v) is 19.2. The Morgan fingerprint density at radius 2 is 2.24 bits per heavy atom. The standard InChI is InChI=1S/C25H28N4O5/c1-15(30)27-23-7-18-19(10-29(2)21(18)9-26-23)20-8-22(33-13-16-11-32-12-16)17-3-5-34-25(24(17)28-20)4-6-31-14-25/h7-10,16H,3-6,11-14H2,1-2H3,(H,26,27,30)/i13D2. The van der Waals surface area contributed by atoms with E-state index in [4.69, 9.17) is 26.7 Å². The lowest BCUT2D eigenvalue weighted by Gasteiger charge is -2.35. The molecule has 3 aliphatic rings. The SMILES string of the molecule is [2H]C([2H])(Oc1cc(-c2cn(C)c3cnc(NC(C)=O)cc23)nc2c1CCOC21CCOC1)C1COC1. The van der Waals surface area contributed by atoms with Crippen LogP contribution in [0.25, 0.3) is 22.2 Å². The van der Waals surface area contributed by atoms with Gasteiger partial charge in [-0.1, -0.05) is 0 Å². The van der Waals surface area contributed by atoms with Gasteiger partial charge in [0.25, 0.3) is 0 Å². The van der Waals surface area contributed by atoms with Gasteiger partial charge in [-0.3, -0.25) is 4.79 Å². The Balaban J connectivity index is 1.53. The molecule has 1 N–H and O–H groups in total. The molecule has 1 unspecified atom stereocenters. The minimum atomic E-state index is -1.89. The minimum Gasteiger partial charge on any atom is -0.493 e. The van der Waals surface area contributed by atoms with E-state index in [0.29, 0.717) is 63.1 Å².